The molecule has 8 heteroatoms. The van der Waals surface area contributed by atoms with Crippen LogP contribution in [0.4, 0.5) is 10.3 Å². The van der Waals surface area contributed by atoms with Crippen LogP contribution in [0.15, 0.2) is 83.9 Å². The van der Waals surface area contributed by atoms with Gasteiger partial charge in [-0.05, 0) is 41.8 Å². The van der Waals surface area contributed by atoms with Gasteiger partial charge in [0.05, 0.1) is 11.3 Å². The van der Waals surface area contributed by atoms with Crippen molar-refractivity contribution in [1.82, 2.24) is 14.5 Å². The number of anilines is 1. The Kier molecular flexibility index (Phi) is 7.92. The number of nitrogens with two attached hydrogens (primary N) is 1. The summed E-state index contributed by atoms with van der Waals surface area (Å²) in [5, 5.41) is 3.22. The zero-order chi connectivity index (χ0) is 22.5. The van der Waals surface area contributed by atoms with E-state index in [0.29, 0.717) is 35.7 Å². The average molecular weight is 466 g/mol. The fourth-order valence-electron chi connectivity index (χ4n) is 3.57. The van der Waals surface area contributed by atoms with Crippen LogP contribution in [0.2, 0.25) is 0 Å². The molecule has 0 amide bonds. The molecule has 0 fully saturated rings. The highest BCUT2D eigenvalue weighted by Gasteiger charge is 2.18. The maximum Gasteiger partial charge on any atom is 0.263 e. The summed E-state index contributed by atoms with van der Waals surface area (Å²) in [5.41, 5.74) is 9.45. The molecule has 0 bridgehead atoms. The number of hydrogen-bond donors (Lipinski definition) is 2. The summed E-state index contributed by atoms with van der Waals surface area (Å²) in [6, 6.07) is 19.3. The second kappa shape index (κ2) is 10.8. The highest BCUT2D eigenvalue weighted by atomic mass is 35.5. The number of benzene rings is 2. The Morgan fingerprint density at radius 2 is 1.67 bits per heavy atom. The van der Waals surface area contributed by atoms with Gasteiger partial charge in [-0.1, -0.05) is 42.5 Å². The second-order valence-corrected chi connectivity index (χ2v) is 7.60. The summed E-state index contributed by atoms with van der Waals surface area (Å²) in [5.74, 6) is 0.0471. The Morgan fingerprint density at radius 3 is 2.33 bits per heavy atom. The van der Waals surface area contributed by atoms with E-state index < -0.39 is 0 Å². The predicted octanol–water partition coefficient (Wildman–Crippen LogP) is 4.05. The average Bonchev–Trinajstić information content (AvgIpc) is 2.82. The summed E-state index contributed by atoms with van der Waals surface area (Å²) in [4.78, 5) is 22.2. The lowest BCUT2D eigenvalue weighted by molar-refractivity contribution is 0.628. The lowest BCUT2D eigenvalue weighted by atomic mass is 10.0. The molecular weight excluding hydrogens is 441 g/mol. The highest BCUT2D eigenvalue weighted by Crippen LogP contribution is 2.28. The molecule has 0 aliphatic heterocycles. The molecule has 0 aliphatic carbocycles. The first kappa shape index (κ1) is 24.1. The van der Waals surface area contributed by atoms with E-state index in [-0.39, 0.29) is 29.8 Å². The van der Waals surface area contributed by atoms with E-state index in [9.17, 15) is 9.18 Å². The Hall–Kier alpha value is -3.55. The van der Waals surface area contributed by atoms with Crippen molar-refractivity contribution in [3.05, 3.63) is 101 Å². The molecule has 170 valence electrons. The lowest BCUT2D eigenvalue weighted by Crippen LogP contribution is -2.34. The molecule has 0 unspecified atom stereocenters. The number of hydrogen-bond acceptors (Lipinski definition) is 5. The first-order chi connectivity index (χ1) is 15.5. The topological polar surface area (TPSA) is 85.8 Å². The standard InChI is InChI=1S/C25H24FN5O.ClH/c1-31-24(32)22(18-7-9-20(26)10-8-18)23(19-11-13-28-14-12-19)30-25(31)29-16-21(27)15-17-5-3-2-4-6-17;/h2-14,21H,15-16,27H2,1H3,(H,29,30);1H/t21-;/m0./s1. The van der Waals surface area contributed by atoms with Gasteiger partial charge in [0, 0.05) is 37.6 Å². The van der Waals surface area contributed by atoms with Crippen LogP contribution in [-0.2, 0) is 13.5 Å². The third kappa shape index (κ3) is 5.63. The van der Waals surface area contributed by atoms with Crippen molar-refractivity contribution in [2.24, 2.45) is 12.8 Å². The third-order valence-corrected chi connectivity index (χ3v) is 5.24. The van der Waals surface area contributed by atoms with Crippen LogP contribution in [0.3, 0.4) is 0 Å². The third-order valence-electron chi connectivity index (χ3n) is 5.24. The van der Waals surface area contributed by atoms with Gasteiger partial charge in [0.1, 0.15) is 5.82 Å². The van der Waals surface area contributed by atoms with Crippen LogP contribution in [0.1, 0.15) is 5.56 Å². The number of nitrogens with zero attached hydrogens (tertiary/aromatic N) is 3. The molecular formula is C25H25ClFN5O. The van der Waals surface area contributed by atoms with Crippen molar-refractivity contribution in [3.63, 3.8) is 0 Å². The number of aromatic nitrogens is 3. The molecule has 2 aromatic carbocycles. The van der Waals surface area contributed by atoms with Crippen molar-refractivity contribution in [2.75, 3.05) is 11.9 Å². The Morgan fingerprint density at radius 1 is 1.00 bits per heavy atom. The zero-order valence-corrected chi connectivity index (χ0v) is 18.9. The van der Waals surface area contributed by atoms with Crippen LogP contribution in [0.5, 0.6) is 0 Å². The molecule has 6 nitrogen and oxygen atoms in total. The minimum atomic E-state index is -0.366. The maximum absolute atomic E-state index is 13.5. The van der Waals surface area contributed by atoms with Crippen LogP contribution < -0.4 is 16.6 Å². The minimum absolute atomic E-state index is 0. The van der Waals surface area contributed by atoms with Gasteiger partial charge in [0.25, 0.3) is 5.56 Å². The van der Waals surface area contributed by atoms with E-state index in [2.05, 4.69) is 10.3 Å². The summed E-state index contributed by atoms with van der Waals surface area (Å²) in [6.07, 6.45) is 3.99. The molecule has 4 rings (SSSR count). The minimum Gasteiger partial charge on any atom is -0.354 e. The van der Waals surface area contributed by atoms with Gasteiger partial charge >= 0.3 is 0 Å². The first-order valence-electron chi connectivity index (χ1n) is 10.3. The monoisotopic (exact) mass is 465 g/mol. The van der Waals surface area contributed by atoms with Gasteiger partial charge in [-0.2, -0.15) is 0 Å². The van der Waals surface area contributed by atoms with Crippen molar-refractivity contribution >= 4 is 18.4 Å². The Balaban J connectivity index is 0.00000306. The predicted molar refractivity (Wildman–Crippen MR) is 132 cm³/mol. The molecule has 33 heavy (non-hydrogen) atoms. The van der Waals surface area contributed by atoms with Gasteiger partial charge in [0.2, 0.25) is 5.95 Å². The summed E-state index contributed by atoms with van der Waals surface area (Å²) in [7, 11) is 1.66. The van der Waals surface area contributed by atoms with Crippen LogP contribution in [-0.4, -0.2) is 27.1 Å². The van der Waals surface area contributed by atoms with Crippen molar-refractivity contribution in [1.29, 1.82) is 0 Å². The van der Waals surface area contributed by atoms with E-state index >= 15 is 0 Å². The zero-order valence-electron chi connectivity index (χ0n) is 18.1. The van der Waals surface area contributed by atoms with E-state index in [4.69, 9.17) is 10.7 Å². The summed E-state index contributed by atoms with van der Waals surface area (Å²) < 4.78 is 14.9. The molecule has 0 saturated carbocycles. The SMILES string of the molecule is Cl.Cn1c(NC[C@@H](N)Cc2ccccc2)nc(-c2ccncc2)c(-c2ccc(F)cc2)c1=O. The Labute approximate surface area is 197 Å². The quantitative estimate of drug-likeness (QED) is 0.430. The second-order valence-electron chi connectivity index (χ2n) is 7.60. The number of halogens is 2. The smallest absolute Gasteiger partial charge is 0.263 e. The van der Waals surface area contributed by atoms with Gasteiger partial charge in [0.15, 0.2) is 0 Å². The lowest BCUT2D eigenvalue weighted by Gasteiger charge is -2.18. The number of rotatable bonds is 7. The normalized spacial score (nSPS) is 11.5. The summed E-state index contributed by atoms with van der Waals surface area (Å²) in [6.45, 7) is 0.445. The van der Waals surface area contributed by atoms with Crippen LogP contribution in [0.25, 0.3) is 22.4 Å². The van der Waals surface area contributed by atoms with Crippen LogP contribution >= 0.6 is 12.4 Å². The molecule has 2 heterocycles. The van der Waals surface area contributed by atoms with E-state index in [1.54, 1.807) is 43.7 Å². The van der Waals surface area contributed by atoms with Crippen molar-refractivity contribution in [2.45, 2.75) is 12.5 Å². The molecule has 0 radical (unpaired) electrons. The fourth-order valence-corrected chi connectivity index (χ4v) is 3.57. The number of nitrogens with one attached hydrogen (secondary N) is 1. The fraction of sp³-hybridized carbons (Fsp3) is 0.160. The molecule has 3 N–H and O–H groups in total. The largest absolute Gasteiger partial charge is 0.354 e. The van der Waals surface area contributed by atoms with Crippen LogP contribution in [0, 0.1) is 5.82 Å². The first-order valence-corrected chi connectivity index (χ1v) is 10.3. The maximum atomic E-state index is 13.5. The highest BCUT2D eigenvalue weighted by molar-refractivity contribution is 5.85. The van der Waals surface area contributed by atoms with E-state index in [0.717, 1.165) is 11.1 Å². The molecule has 0 aliphatic rings. The van der Waals surface area contributed by atoms with E-state index in [1.807, 2.05) is 30.3 Å². The van der Waals surface area contributed by atoms with Crippen molar-refractivity contribution < 1.29 is 4.39 Å². The van der Waals surface area contributed by atoms with Gasteiger partial charge in [-0.15, -0.1) is 12.4 Å². The van der Waals surface area contributed by atoms with Gasteiger partial charge in [-0.25, -0.2) is 9.37 Å². The number of pyridine rings is 1. The molecule has 4 aromatic rings. The summed E-state index contributed by atoms with van der Waals surface area (Å²) >= 11 is 0. The van der Waals surface area contributed by atoms with Gasteiger partial charge < -0.3 is 11.1 Å². The Bertz CT molecular complexity index is 1250. The van der Waals surface area contributed by atoms with Crippen molar-refractivity contribution in [3.8, 4) is 22.4 Å². The molecule has 0 spiro atoms. The van der Waals surface area contributed by atoms with Gasteiger partial charge in [-0.3, -0.25) is 14.3 Å². The van der Waals surface area contributed by atoms with E-state index in [1.165, 1.54) is 16.7 Å². The molecule has 2 aromatic heterocycles. The molecule has 0 saturated heterocycles. The molecule has 1 atom stereocenters.